The number of hydrogen-bond donors (Lipinski definition) is 1. The molecule has 6 nitrogen and oxygen atoms in total. The van der Waals surface area contributed by atoms with E-state index in [1.165, 1.54) is 7.11 Å². The second-order valence-corrected chi connectivity index (χ2v) is 8.30. The molecule has 0 spiro atoms. The molecule has 1 N–H and O–H groups in total. The summed E-state index contributed by atoms with van der Waals surface area (Å²) in [6.45, 7) is 4.03. The Bertz CT molecular complexity index is 954. The van der Waals surface area contributed by atoms with Gasteiger partial charge in [-0.25, -0.2) is 0 Å². The Kier molecular flexibility index (Phi) is 5.14. The fraction of sp³-hybridized carbons (Fsp3) is 0.524. The van der Waals surface area contributed by atoms with E-state index in [-0.39, 0.29) is 18.6 Å². The first-order valence-corrected chi connectivity index (χ1v) is 9.78. The number of aliphatic hydroxyl groups is 1. The van der Waals surface area contributed by atoms with Gasteiger partial charge in [-0.3, -0.25) is 0 Å². The lowest BCUT2D eigenvalue weighted by Crippen LogP contribution is -2.53. The van der Waals surface area contributed by atoms with Crippen molar-refractivity contribution in [2.75, 3.05) is 25.3 Å². The van der Waals surface area contributed by atoms with Crippen LogP contribution in [0.1, 0.15) is 36.5 Å². The molecule has 0 saturated heterocycles. The van der Waals surface area contributed by atoms with E-state index >= 15 is 0 Å². The van der Waals surface area contributed by atoms with Gasteiger partial charge in [0.1, 0.15) is 5.75 Å². The van der Waals surface area contributed by atoms with Crippen molar-refractivity contribution in [3.8, 4) is 17.0 Å². The van der Waals surface area contributed by atoms with E-state index in [0.29, 0.717) is 29.7 Å². The SMILES string of the molecule is COCOc1cc(C(F)(F)F)cc(C)c1-c1cc2c(nn1)N(C1CC(C)(O)C1)CC2. The quantitative estimate of drug-likeness (QED) is 0.740. The van der Waals surface area contributed by atoms with Crippen molar-refractivity contribution >= 4 is 5.82 Å². The van der Waals surface area contributed by atoms with Crippen LogP contribution in [0.4, 0.5) is 19.0 Å². The minimum Gasteiger partial charge on any atom is -0.467 e. The highest BCUT2D eigenvalue weighted by molar-refractivity contribution is 5.73. The lowest BCUT2D eigenvalue weighted by atomic mass is 9.76. The van der Waals surface area contributed by atoms with Gasteiger partial charge in [-0.05, 0) is 56.9 Å². The number of nitrogens with zero attached hydrogens (tertiary/aromatic N) is 3. The predicted molar refractivity (Wildman–Crippen MR) is 104 cm³/mol. The summed E-state index contributed by atoms with van der Waals surface area (Å²) in [4.78, 5) is 2.16. The third-order valence-electron chi connectivity index (χ3n) is 5.75. The molecule has 2 aliphatic rings. The van der Waals surface area contributed by atoms with E-state index in [2.05, 4.69) is 15.1 Å². The molecule has 4 rings (SSSR count). The molecule has 0 atom stereocenters. The monoisotopic (exact) mass is 423 g/mol. The van der Waals surface area contributed by atoms with Crippen LogP contribution in [0.2, 0.25) is 0 Å². The molecule has 9 heteroatoms. The molecule has 162 valence electrons. The third-order valence-corrected chi connectivity index (χ3v) is 5.75. The average molecular weight is 423 g/mol. The van der Waals surface area contributed by atoms with Gasteiger partial charge in [-0.1, -0.05) is 0 Å². The average Bonchev–Trinajstić information content (AvgIpc) is 3.06. The lowest BCUT2D eigenvalue weighted by molar-refractivity contribution is -0.137. The summed E-state index contributed by atoms with van der Waals surface area (Å²) < 4.78 is 50.1. The van der Waals surface area contributed by atoms with Crippen LogP contribution in [0.3, 0.4) is 0 Å². The molecule has 30 heavy (non-hydrogen) atoms. The van der Waals surface area contributed by atoms with Gasteiger partial charge in [0.25, 0.3) is 0 Å². The first-order chi connectivity index (χ1) is 14.1. The minimum atomic E-state index is -4.48. The molecular formula is C21H24F3N3O3. The van der Waals surface area contributed by atoms with Crippen LogP contribution in [-0.4, -0.2) is 47.4 Å². The molecule has 1 aliphatic carbocycles. The number of methoxy groups -OCH3 is 1. The number of rotatable bonds is 5. The molecule has 1 fully saturated rings. The summed E-state index contributed by atoms with van der Waals surface area (Å²) in [7, 11) is 1.40. The number of fused-ring (bicyclic) bond motifs is 1. The van der Waals surface area contributed by atoms with Gasteiger partial charge in [0.2, 0.25) is 0 Å². The first kappa shape index (κ1) is 20.9. The van der Waals surface area contributed by atoms with E-state index in [9.17, 15) is 18.3 Å². The van der Waals surface area contributed by atoms with E-state index < -0.39 is 17.3 Å². The van der Waals surface area contributed by atoms with Crippen molar-refractivity contribution in [3.05, 3.63) is 34.9 Å². The summed E-state index contributed by atoms with van der Waals surface area (Å²) in [6.07, 6.45) is -2.35. The molecular weight excluding hydrogens is 399 g/mol. The molecule has 1 aliphatic heterocycles. The molecule has 0 bridgehead atoms. The van der Waals surface area contributed by atoms with Crippen molar-refractivity contribution in [2.24, 2.45) is 0 Å². The van der Waals surface area contributed by atoms with E-state index in [1.807, 2.05) is 13.0 Å². The fourth-order valence-corrected chi connectivity index (χ4v) is 4.33. The van der Waals surface area contributed by atoms with Gasteiger partial charge in [-0.15, -0.1) is 10.2 Å². The van der Waals surface area contributed by atoms with Crippen LogP contribution in [0.15, 0.2) is 18.2 Å². The smallest absolute Gasteiger partial charge is 0.416 e. The topological polar surface area (TPSA) is 67.7 Å². The Labute approximate surface area is 172 Å². The highest BCUT2D eigenvalue weighted by Gasteiger charge is 2.44. The Morgan fingerprint density at radius 3 is 2.60 bits per heavy atom. The van der Waals surface area contributed by atoms with Crippen LogP contribution in [-0.2, 0) is 17.3 Å². The predicted octanol–water partition coefficient (Wildman–Crippen LogP) is 3.73. The molecule has 2 heterocycles. The van der Waals surface area contributed by atoms with E-state index in [1.54, 1.807) is 6.92 Å². The summed E-state index contributed by atoms with van der Waals surface area (Å²) in [5.41, 5.74) is 0.908. The number of hydrogen-bond acceptors (Lipinski definition) is 6. The summed E-state index contributed by atoms with van der Waals surface area (Å²) in [5, 5.41) is 18.7. The van der Waals surface area contributed by atoms with Crippen LogP contribution in [0.25, 0.3) is 11.3 Å². The van der Waals surface area contributed by atoms with Gasteiger partial charge in [0.15, 0.2) is 12.6 Å². The lowest BCUT2D eigenvalue weighted by Gasteiger charge is -2.46. The van der Waals surface area contributed by atoms with Gasteiger partial charge < -0.3 is 19.5 Å². The van der Waals surface area contributed by atoms with Gasteiger partial charge in [-0.2, -0.15) is 13.2 Å². The second-order valence-electron chi connectivity index (χ2n) is 8.30. The van der Waals surface area contributed by atoms with Crippen LogP contribution in [0.5, 0.6) is 5.75 Å². The molecule has 2 aromatic rings. The van der Waals surface area contributed by atoms with Crippen LogP contribution in [0, 0.1) is 6.92 Å². The fourth-order valence-electron chi connectivity index (χ4n) is 4.33. The number of aromatic nitrogens is 2. The second kappa shape index (κ2) is 7.39. The summed E-state index contributed by atoms with van der Waals surface area (Å²) in [6, 6.07) is 4.16. The van der Waals surface area contributed by atoms with Crippen molar-refractivity contribution in [1.29, 1.82) is 0 Å². The molecule has 1 aromatic heterocycles. The Balaban J connectivity index is 1.69. The van der Waals surface area contributed by atoms with Gasteiger partial charge in [0.05, 0.1) is 16.9 Å². The number of alkyl halides is 3. The Hall–Kier alpha value is -2.39. The van der Waals surface area contributed by atoms with Crippen LogP contribution < -0.4 is 9.64 Å². The molecule has 1 aromatic carbocycles. The Morgan fingerprint density at radius 1 is 1.23 bits per heavy atom. The standard InChI is InChI=1S/C21H24F3N3O3/c1-12-6-14(21(22,23)24)8-17(30-11-29-3)18(12)16-7-13-4-5-27(19(13)26-25-16)15-9-20(2,28)10-15/h6-8,15,28H,4-5,9-11H2,1-3H3. The highest BCUT2D eigenvalue weighted by atomic mass is 19.4. The zero-order valence-electron chi connectivity index (χ0n) is 17.1. The maximum Gasteiger partial charge on any atom is 0.416 e. The number of ether oxygens (including phenoxy) is 2. The number of halogens is 3. The van der Waals surface area contributed by atoms with Crippen molar-refractivity contribution < 1.29 is 27.8 Å². The molecule has 0 radical (unpaired) electrons. The summed E-state index contributed by atoms with van der Waals surface area (Å²) in [5.74, 6) is 0.839. The van der Waals surface area contributed by atoms with Crippen molar-refractivity contribution in [3.63, 3.8) is 0 Å². The maximum atomic E-state index is 13.3. The van der Waals surface area contributed by atoms with Crippen molar-refractivity contribution in [2.45, 2.75) is 50.9 Å². The zero-order valence-corrected chi connectivity index (χ0v) is 17.1. The summed E-state index contributed by atoms with van der Waals surface area (Å²) >= 11 is 0. The molecule has 1 saturated carbocycles. The third kappa shape index (κ3) is 3.83. The first-order valence-electron chi connectivity index (χ1n) is 9.78. The number of anilines is 1. The van der Waals surface area contributed by atoms with E-state index in [4.69, 9.17) is 9.47 Å². The normalized spacial score (nSPS) is 23.3. The number of aryl methyl sites for hydroxylation is 1. The number of benzene rings is 1. The van der Waals surface area contributed by atoms with E-state index in [0.717, 1.165) is 36.5 Å². The van der Waals surface area contributed by atoms with Gasteiger partial charge >= 0.3 is 6.18 Å². The highest BCUT2D eigenvalue weighted by Crippen LogP contribution is 2.43. The molecule has 0 unspecified atom stereocenters. The minimum absolute atomic E-state index is 0.0586. The zero-order chi connectivity index (χ0) is 21.7. The molecule has 0 amide bonds. The Morgan fingerprint density at radius 2 is 1.97 bits per heavy atom. The van der Waals surface area contributed by atoms with Crippen LogP contribution >= 0.6 is 0 Å². The largest absolute Gasteiger partial charge is 0.467 e. The maximum absolute atomic E-state index is 13.3. The van der Waals surface area contributed by atoms with Gasteiger partial charge in [0, 0.05) is 30.8 Å². The van der Waals surface area contributed by atoms with Crippen molar-refractivity contribution in [1.82, 2.24) is 10.2 Å².